The molecule has 0 radical (unpaired) electrons. The van der Waals surface area contributed by atoms with Crippen LogP contribution in [0.1, 0.15) is 47.6 Å². The molecule has 26 heavy (non-hydrogen) atoms. The predicted molar refractivity (Wildman–Crippen MR) is 106 cm³/mol. The van der Waals surface area contributed by atoms with Gasteiger partial charge in [-0.3, -0.25) is 9.69 Å². The largest absolute Gasteiger partial charge is 0.481 e. The van der Waals surface area contributed by atoms with Crippen LogP contribution >= 0.6 is 0 Å². The van der Waals surface area contributed by atoms with Gasteiger partial charge in [0.25, 0.3) is 0 Å². The summed E-state index contributed by atoms with van der Waals surface area (Å²) in [5.74, 6) is -0.751. The minimum absolute atomic E-state index is 0.174. The van der Waals surface area contributed by atoms with E-state index in [9.17, 15) is 4.79 Å². The second kappa shape index (κ2) is 8.81. The summed E-state index contributed by atoms with van der Waals surface area (Å²) in [7, 11) is 0. The number of hydrogen-bond donors (Lipinski definition) is 1. The number of carboxylic acids is 1. The van der Waals surface area contributed by atoms with E-state index in [1.807, 2.05) is 12.1 Å². The van der Waals surface area contributed by atoms with Crippen LogP contribution in [-0.4, -0.2) is 29.1 Å². The summed E-state index contributed by atoms with van der Waals surface area (Å²) in [6.45, 7) is 4.40. The van der Waals surface area contributed by atoms with E-state index in [0.29, 0.717) is 12.5 Å². The van der Waals surface area contributed by atoms with Crippen molar-refractivity contribution >= 4 is 12.0 Å². The van der Waals surface area contributed by atoms with Crippen LogP contribution in [0.25, 0.3) is 6.08 Å². The van der Waals surface area contributed by atoms with Crippen molar-refractivity contribution in [1.29, 1.82) is 0 Å². The lowest BCUT2D eigenvalue weighted by Gasteiger charge is -2.25. The van der Waals surface area contributed by atoms with Gasteiger partial charge in [-0.15, -0.1) is 0 Å². The molecule has 0 spiro atoms. The summed E-state index contributed by atoms with van der Waals surface area (Å²) in [5.41, 5.74) is 4.81. The third-order valence-electron chi connectivity index (χ3n) is 5.00. The van der Waals surface area contributed by atoms with Crippen LogP contribution in [0.2, 0.25) is 0 Å². The standard InChI is InChI=1S/C23H27NO2/c1-18-7-11-21(12-8-18)22(24-15-2-3-16-24)13-9-19-5-4-6-20(17-19)10-14-23(25)26/h4-9,11-13,17,22H,2-3,10,14-16H2,1H3,(H,25,26). The second-order valence-electron chi connectivity index (χ2n) is 7.10. The minimum Gasteiger partial charge on any atom is -0.481 e. The van der Waals surface area contributed by atoms with Crippen molar-refractivity contribution in [3.05, 3.63) is 76.9 Å². The van der Waals surface area contributed by atoms with E-state index < -0.39 is 5.97 Å². The Kier molecular flexibility index (Phi) is 6.24. The molecule has 1 saturated heterocycles. The van der Waals surface area contributed by atoms with Crippen LogP contribution in [0.4, 0.5) is 0 Å². The number of carboxylic acid groups (broad SMARTS) is 1. The fourth-order valence-electron chi connectivity index (χ4n) is 3.53. The Labute approximate surface area is 156 Å². The molecule has 0 aromatic heterocycles. The molecule has 3 nitrogen and oxygen atoms in total. The molecule has 3 rings (SSSR count). The van der Waals surface area contributed by atoms with Gasteiger partial charge in [0, 0.05) is 6.42 Å². The Morgan fingerprint density at radius 2 is 1.88 bits per heavy atom. The van der Waals surface area contributed by atoms with Gasteiger partial charge >= 0.3 is 5.97 Å². The third-order valence-corrected chi connectivity index (χ3v) is 5.00. The van der Waals surface area contributed by atoms with Crippen molar-refractivity contribution in [2.45, 2.75) is 38.6 Å². The lowest BCUT2D eigenvalue weighted by molar-refractivity contribution is -0.136. The highest BCUT2D eigenvalue weighted by molar-refractivity contribution is 5.67. The van der Waals surface area contributed by atoms with Gasteiger partial charge in [-0.1, -0.05) is 66.2 Å². The van der Waals surface area contributed by atoms with Crippen LogP contribution in [-0.2, 0) is 11.2 Å². The van der Waals surface area contributed by atoms with Gasteiger partial charge in [-0.2, -0.15) is 0 Å². The van der Waals surface area contributed by atoms with E-state index >= 15 is 0 Å². The quantitative estimate of drug-likeness (QED) is 0.776. The van der Waals surface area contributed by atoms with Gasteiger partial charge in [0.1, 0.15) is 0 Å². The van der Waals surface area contributed by atoms with Gasteiger partial charge < -0.3 is 5.11 Å². The van der Waals surface area contributed by atoms with Gasteiger partial charge in [-0.25, -0.2) is 0 Å². The summed E-state index contributed by atoms with van der Waals surface area (Å²) in [6.07, 6.45) is 7.73. The highest BCUT2D eigenvalue weighted by Gasteiger charge is 2.21. The van der Waals surface area contributed by atoms with Crippen molar-refractivity contribution in [2.24, 2.45) is 0 Å². The molecule has 1 heterocycles. The third kappa shape index (κ3) is 5.06. The van der Waals surface area contributed by atoms with Crippen LogP contribution in [0.15, 0.2) is 54.6 Å². The Bertz CT molecular complexity index is 758. The predicted octanol–water partition coefficient (Wildman–Crippen LogP) is 4.86. The van der Waals surface area contributed by atoms with Crippen molar-refractivity contribution < 1.29 is 9.90 Å². The first-order valence-corrected chi connectivity index (χ1v) is 9.41. The molecule has 0 aliphatic carbocycles. The fraction of sp³-hybridized carbons (Fsp3) is 0.348. The first kappa shape index (κ1) is 18.4. The van der Waals surface area contributed by atoms with Gasteiger partial charge in [0.2, 0.25) is 0 Å². The summed E-state index contributed by atoms with van der Waals surface area (Å²) < 4.78 is 0. The highest BCUT2D eigenvalue weighted by Crippen LogP contribution is 2.27. The zero-order valence-corrected chi connectivity index (χ0v) is 15.4. The first-order chi connectivity index (χ1) is 12.6. The maximum absolute atomic E-state index is 10.8. The Hall–Kier alpha value is -2.39. The summed E-state index contributed by atoms with van der Waals surface area (Å²) >= 11 is 0. The average molecular weight is 349 g/mol. The van der Waals surface area contributed by atoms with Crippen LogP contribution in [0.3, 0.4) is 0 Å². The maximum Gasteiger partial charge on any atom is 0.303 e. The first-order valence-electron chi connectivity index (χ1n) is 9.41. The molecular weight excluding hydrogens is 322 g/mol. The summed E-state index contributed by atoms with van der Waals surface area (Å²) in [4.78, 5) is 13.3. The molecule has 1 N–H and O–H groups in total. The molecule has 136 valence electrons. The summed E-state index contributed by atoms with van der Waals surface area (Å²) in [5, 5.41) is 8.87. The monoisotopic (exact) mass is 349 g/mol. The number of nitrogens with zero attached hydrogens (tertiary/aromatic N) is 1. The van der Waals surface area contributed by atoms with E-state index in [-0.39, 0.29) is 6.42 Å². The van der Waals surface area contributed by atoms with Crippen LogP contribution < -0.4 is 0 Å². The highest BCUT2D eigenvalue weighted by atomic mass is 16.4. The van der Waals surface area contributed by atoms with E-state index in [1.54, 1.807) is 0 Å². The number of aryl methyl sites for hydroxylation is 2. The number of carbonyl (C=O) groups is 1. The SMILES string of the molecule is Cc1ccc(C(C=Cc2cccc(CCC(=O)O)c2)N2CCCC2)cc1. The molecular formula is C23H27NO2. The smallest absolute Gasteiger partial charge is 0.303 e. The van der Waals surface area contributed by atoms with Crippen molar-refractivity contribution in [2.75, 3.05) is 13.1 Å². The van der Waals surface area contributed by atoms with Crippen molar-refractivity contribution in [1.82, 2.24) is 4.90 Å². The molecule has 1 atom stereocenters. The molecule has 3 heteroatoms. The van der Waals surface area contributed by atoms with E-state index in [2.05, 4.69) is 60.4 Å². The molecule has 0 bridgehead atoms. The van der Waals surface area contributed by atoms with Crippen LogP contribution in [0, 0.1) is 6.92 Å². The van der Waals surface area contributed by atoms with Crippen LogP contribution in [0.5, 0.6) is 0 Å². The zero-order chi connectivity index (χ0) is 18.4. The Balaban J connectivity index is 1.78. The molecule has 1 unspecified atom stereocenters. The summed E-state index contributed by atoms with van der Waals surface area (Å²) in [6, 6.07) is 17.3. The van der Waals surface area contributed by atoms with E-state index in [4.69, 9.17) is 5.11 Å². The normalized spacial score (nSPS) is 16.2. The number of benzene rings is 2. The fourth-order valence-corrected chi connectivity index (χ4v) is 3.53. The molecule has 0 saturated carbocycles. The van der Waals surface area contributed by atoms with Crippen molar-refractivity contribution in [3.63, 3.8) is 0 Å². The lowest BCUT2D eigenvalue weighted by atomic mass is 10.0. The number of likely N-dealkylation sites (tertiary alicyclic amines) is 1. The van der Waals surface area contributed by atoms with Gasteiger partial charge in [0.05, 0.1) is 6.04 Å². The molecule has 2 aromatic rings. The van der Waals surface area contributed by atoms with Gasteiger partial charge in [0.15, 0.2) is 0 Å². The van der Waals surface area contributed by atoms with Crippen molar-refractivity contribution in [3.8, 4) is 0 Å². The average Bonchev–Trinajstić information content (AvgIpc) is 3.16. The zero-order valence-electron chi connectivity index (χ0n) is 15.4. The van der Waals surface area contributed by atoms with E-state index in [1.165, 1.54) is 24.0 Å². The topological polar surface area (TPSA) is 40.5 Å². The van der Waals surface area contributed by atoms with Gasteiger partial charge in [-0.05, 0) is 56.0 Å². The number of rotatable bonds is 7. The molecule has 1 fully saturated rings. The molecule has 2 aromatic carbocycles. The lowest BCUT2D eigenvalue weighted by Crippen LogP contribution is -2.24. The second-order valence-corrected chi connectivity index (χ2v) is 7.10. The number of aliphatic carboxylic acids is 1. The molecule has 1 aliphatic heterocycles. The molecule has 1 aliphatic rings. The molecule has 0 amide bonds. The minimum atomic E-state index is -0.751. The number of hydrogen-bond acceptors (Lipinski definition) is 2. The Morgan fingerprint density at radius 1 is 1.15 bits per heavy atom. The Morgan fingerprint density at radius 3 is 2.58 bits per heavy atom. The van der Waals surface area contributed by atoms with E-state index in [0.717, 1.165) is 24.2 Å². The maximum atomic E-state index is 10.8.